The highest BCUT2D eigenvalue weighted by Gasteiger charge is 2.22. The second kappa shape index (κ2) is 8.16. The van der Waals surface area contributed by atoms with E-state index in [0.29, 0.717) is 30.8 Å². The van der Waals surface area contributed by atoms with Crippen LogP contribution in [-0.4, -0.2) is 50.8 Å². The van der Waals surface area contributed by atoms with Gasteiger partial charge in [0.15, 0.2) is 0 Å². The minimum atomic E-state index is -0.815. The maximum Gasteiger partial charge on any atom is 0.314 e. The van der Waals surface area contributed by atoms with Gasteiger partial charge in [0.1, 0.15) is 5.82 Å². The lowest BCUT2D eigenvalue weighted by molar-refractivity contribution is -0.136. The van der Waals surface area contributed by atoms with E-state index in [0.717, 1.165) is 37.8 Å². The van der Waals surface area contributed by atoms with Gasteiger partial charge < -0.3 is 15.4 Å². The summed E-state index contributed by atoms with van der Waals surface area (Å²) in [6, 6.07) is 1.62. The van der Waals surface area contributed by atoms with Crippen molar-refractivity contribution in [2.24, 2.45) is 0 Å². The molecule has 0 spiro atoms. The minimum Gasteiger partial charge on any atom is -0.376 e. The van der Waals surface area contributed by atoms with E-state index >= 15 is 0 Å². The molecule has 29 heavy (non-hydrogen) atoms. The summed E-state index contributed by atoms with van der Waals surface area (Å²) < 4.78 is 6.78. The summed E-state index contributed by atoms with van der Waals surface area (Å²) in [5.74, 6) is -1.08. The number of ether oxygens (including phenoxy) is 1. The zero-order valence-electron chi connectivity index (χ0n) is 16.3. The zero-order valence-corrected chi connectivity index (χ0v) is 16.3. The van der Waals surface area contributed by atoms with Crippen LogP contribution in [0.1, 0.15) is 42.6 Å². The van der Waals surface area contributed by atoms with Crippen molar-refractivity contribution in [3.63, 3.8) is 0 Å². The first kappa shape index (κ1) is 19.3. The van der Waals surface area contributed by atoms with E-state index in [4.69, 9.17) is 4.74 Å². The molecular weight excluding hydrogens is 376 g/mol. The summed E-state index contributed by atoms with van der Waals surface area (Å²) in [6.07, 6.45) is 5.17. The molecule has 3 N–H and O–H groups in total. The average Bonchev–Trinajstić information content (AvgIpc) is 3.35. The second-order valence-corrected chi connectivity index (χ2v) is 7.40. The number of nitrogens with one attached hydrogen (secondary N) is 3. The fraction of sp³-hybridized carbons (Fsp3) is 0.526. The molecule has 154 valence electrons. The second-order valence-electron chi connectivity index (χ2n) is 7.40. The van der Waals surface area contributed by atoms with Crippen LogP contribution >= 0.6 is 0 Å². The van der Waals surface area contributed by atoms with Crippen LogP contribution in [0, 0.1) is 6.92 Å². The Morgan fingerprint density at radius 3 is 2.90 bits per heavy atom. The van der Waals surface area contributed by atoms with E-state index < -0.39 is 11.8 Å². The number of amides is 2. The molecule has 1 unspecified atom stereocenters. The first-order valence-corrected chi connectivity index (χ1v) is 9.91. The van der Waals surface area contributed by atoms with Crippen LogP contribution in [0.4, 0.5) is 5.82 Å². The number of aromatic nitrogens is 4. The van der Waals surface area contributed by atoms with E-state index in [-0.39, 0.29) is 23.4 Å². The maximum absolute atomic E-state index is 12.4. The summed E-state index contributed by atoms with van der Waals surface area (Å²) in [5, 5.41) is 9.44. The molecule has 1 aliphatic carbocycles. The van der Waals surface area contributed by atoms with Crippen LogP contribution in [0.15, 0.2) is 10.9 Å². The predicted octanol–water partition coefficient (Wildman–Crippen LogP) is 0.377. The third-order valence-corrected chi connectivity index (χ3v) is 5.17. The van der Waals surface area contributed by atoms with Gasteiger partial charge in [-0.05, 0) is 45.4 Å². The van der Waals surface area contributed by atoms with Gasteiger partial charge in [0.25, 0.3) is 5.56 Å². The van der Waals surface area contributed by atoms with E-state index in [9.17, 15) is 14.4 Å². The third kappa shape index (κ3) is 4.21. The molecule has 0 saturated carbocycles. The van der Waals surface area contributed by atoms with Crippen LogP contribution in [-0.2, 0) is 27.2 Å². The first-order valence-electron chi connectivity index (χ1n) is 9.91. The highest BCUT2D eigenvalue weighted by molar-refractivity contribution is 6.39. The summed E-state index contributed by atoms with van der Waals surface area (Å²) in [4.78, 5) is 44.1. The Bertz CT molecular complexity index is 989. The molecule has 10 heteroatoms. The Labute approximate surface area is 167 Å². The Morgan fingerprint density at radius 1 is 1.28 bits per heavy atom. The van der Waals surface area contributed by atoms with Crippen molar-refractivity contribution in [3.05, 3.63) is 33.4 Å². The van der Waals surface area contributed by atoms with Gasteiger partial charge in [-0.1, -0.05) is 0 Å². The Kier molecular flexibility index (Phi) is 5.43. The number of anilines is 1. The summed E-state index contributed by atoms with van der Waals surface area (Å²) >= 11 is 0. The van der Waals surface area contributed by atoms with E-state index in [1.54, 1.807) is 13.0 Å². The number of nitrogens with zero attached hydrogens (tertiary/aromatic N) is 3. The summed E-state index contributed by atoms with van der Waals surface area (Å²) in [7, 11) is 0. The Hall–Kier alpha value is -3.01. The lowest BCUT2D eigenvalue weighted by Crippen LogP contribution is -2.39. The van der Waals surface area contributed by atoms with Gasteiger partial charge >= 0.3 is 11.8 Å². The molecule has 4 rings (SSSR count). The fourth-order valence-corrected chi connectivity index (χ4v) is 3.71. The molecular formula is C19H24N6O4. The van der Waals surface area contributed by atoms with Gasteiger partial charge in [-0.15, -0.1) is 0 Å². The quantitative estimate of drug-likeness (QED) is 0.636. The lowest BCUT2D eigenvalue weighted by atomic mass is 9.97. The molecule has 0 radical (unpaired) electrons. The highest BCUT2D eigenvalue weighted by atomic mass is 16.5. The topological polar surface area (TPSA) is 131 Å². The summed E-state index contributed by atoms with van der Waals surface area (Å²) in [6.45, 7) is 2.72. The number of rotatable bonds is 4. The molecule has 2 aliphatic rings. The first-order chi connectivity index (χ1) is 14.0. The molecule has 2 aromatic rings. The fourth-order valence-electron chi connectivity index (χ4n) is 3.71. The van der Waals surface area contributed by atoms with Crippen molar-refractivity contribution < 1.29 is 14.3 Å². The molecule has 0 aromatic carbocycles. The normalized spacial score (nSPS) is 18.3. The number of H-pyrrole nitrogens is 1. The number of fused-ring (bicyclic) bond motifs is 1. The number of hydrogen-bond acceptors (Lipinski definition) is 6. The third-order valence-electron chi connectivity index (χ3n) is 5.17. The standard InChI is InChI=1S/C19H24N6O4/c1-11-9-15(22-18(28)17(27)20-10-12-5-4-8-29-12)25(24-11)19-21-14-7-3-2-6-13(14)16(26)23-19/h9,12H,2-8,10H2,1H3,(H,20,27)(H,22,28)(H,21,23,26). The van der Waals surface area contributed by atoms with Gasteiger partial charge in [0.2, 0.25) is 5.95 Å². The van der Waals surface area contributed by atoms with Crippen LogP contribution in [0.25, 0.3) is 5.95 Å². The smallest absolute Gasteiger partial charge is 0.314 e. The van der Waals surface area contributed by atoms with Crippen LogP contribution in [0.5, 0.6) is 0 Å². The molecule has 1 saturated heterocycles. The monoisotopic (exact) mass is 400 g/mol. The molecule has 3 heterocycles. The van der Waals surface area contributed by atoms with Gasteiger partial charge in [-0.25, -0.2) is 4.98 Å². The van der Waals surface area contributed by atoms with Crippen molar-refractivity contribution in [2.45, 2.75) is 51.6 Å². The molecule has 1 aliphatic heterocycles. The van der Waals surface area contributed by atoms with Gasteiger partial charge in [0, 0.05) is 24.8 Å². The van der Waals surface area contributed by atoms with Crippen molar-refractivity contribution in [2.75, 3.05) is 18.5 Å². The molecule has 1 fully saturated rings. The van der Waals surface area contributed by atoms with Gasteiger partial charge in [-0.2, -0.15) is 9.78 Å². The van der Waals surface area contributed by atoms with Crippen molar-refractivity contribution in [1.82, 2.24) is 25.1 Å². The van der Waals surface area contributed by atoms with E-state index in [2.05, 4.69) is 25.7 Å². The molecule has 0 bridgehead atoms. The average molecular weight is 400 g/mol. The van der Waals surface area contributed by atoms with E-state index in [1.165, 1.54) is 4.68 Å². The van der Waals surface area contributed by atoms with Crippen LogP contribution in [0.2, 0.25) is 0 Å². The number of aromatic amines is 1. The molecule has 2 amide bonds. The zero-order chi connectivity index (χ0) is 20.4. The number of aryl methyl sites for hydroxylation is 2. The minimum absolute atomic E-state index is 0.0516. The van der Waals surface area contributed by atoms with Crippen molar-refractivity contribution in [3.8, 4) is 5.95 Å². The number of carbonyl (C=O) groups is 2. The molecule has 10 nitrogen and oxygen atoms in total. The summed E-state index contributed by atoms with van der Waals surface area (Å²) in [5.41, 5.74) is 1.89. The van der Waals surface area contributed by atoms with E-state index in [1.807, 2.05) is 0 Å². The SMILES string of the molecule is Cc1cc(NC(=O)C(=O)NCC2CCCO2)n(-c2nc3c(c(=O)[nH]2)CCCC3)n1. The van der Waals surface area contributed by atoms with Crippen LogP contribution < -0.4 is 16.2 Å². The van der Waals surface area contributed by atoms with Crippen LogP contribution in [0.3, 0.4) is 0 Å². The number of carbonyl (C=O) groups excluding carboxylic acids is 2. The van der Waals surface area contributed by atoms with Crippen molar-refractivity contribution in [1.29, 1.82) is 0 Å². The Morgan fingerprint density at radius 2 is 2.10 bits per heavy atom. The molecule has 2 aromatic heterocycles. The van der Waals surface area contributed by atoms with Gasteiger partial charge in [0.05, 0.1) is 17.5 Å². The Balaban J connectivity index is 1.51. The maximum atomic E-state index is 12.4. The lowest BCUT2D eigenvalue weighted by Gasteiger charge is -2.15. The van der Waals surface area contributed by atoms with Crippen molar-refractivity contribution >= 4 is 17.6 Å². The predicted molar refractivity (Wildman–Crippen MR) is 104 cm³/mol. The molecule has 1 atom stereocenters. The highest BCUT2D eigenvalue weighted by Crippen LogP contribution is 2.19. The van der Waals surface area contributed by atoms with Gasteiger partial charge in [-0.3, -0.25) is 19.4 Å². The number of hydrogen-bond donors (Lipinski definition) is 3. The largest absolute Gasteiger partial charge is 0.376 e.